The molecule has 0 aliphatic carbocycles. The Hall–Kier alpha value is -1.81. The molecule has 0 spiro atoms. The Morgan fingerprint density at radius 1 is 1.14 bits per heavy atom. The van der Waals surface area contributed by atoms with Crippen LogP contribution in [0.4, 0.5) is 0 Å². The van der Waals surface area contributed by atoms with Gasteiger partial charge in [0.15, 0.2) is 5.76 Å². The van der Waals surface area contributed by atoms with E-state index in [1.54, 1.807) is 0 Å². The summed E-state index contributed by atoms with van der Waals surface area (Å²) in [4.78, 5) is 17.3. The molecule has 2 aromatic rings. The Labute approximate surface area is 130 Å². The molecule has 2 fully saturated rings. The third-order valence-electron chi connectivity index (χ3n) is 4.94. The summed E-state index contributed by atoms with van der Waals surface area (Å²) in [5, 5.41) is 1.00. The van der Waals surface area contributed by atoms with Gasteiger partial charge in [-0.3, -0.25) is 4.79 Å². The molecule has 2 saturated heterocycles. The second kappa shape index (κ2) is 5.76. The van der Waals surface area contributed by atoms with E-state index in [-0.39, 0.29) is 5.91 Å². The molecular weight excluding hydrogens is 276 g/mol. The predicted molar refractivity (Wildman–Crippen MR) is 85.9 cm³/mol. The molecule has 4 nitrogen and oxygen atoms in total. The summed E-state index contributed by atoms with van der Waals surface area (Å²) in [5.41, 5.74) is 0.793. The molecule has 0 unspecified atom stereocenters. The third-order valence-corrected chi connectivity index (χ3v) is 4.94. The molecule has 1 amide bonds. The van der Waals surface area contributed by atoms with Gasteiger partial charge in [0.1, 0.15) is 5.58 Å². The fourth-order valence-electron chi connectivity index (χ4n) is 3.78. The maximum absolute atomic E-state index is 12.8. The Bertz CT molecular complexity index is 640. The average molecular weight is 298 g/mol. The SMILES string of the molecule is O=C(c1cc2ccccc2o1)N1CCC[C@@H]1CN1CCCC1. The molecule has 0 N–H and O–H groups in total. The molecule has 4 heteroatoms. The topological polar surface area (TPSA) is 36.7 Å². The maximum atomic E-state index is 12.8. The number of nitrogens with zero attached hydrogens (tertiary/aromatic N) is 2. The number of benzene rings is 1. The zero-order chi connectivity index (χ0) is 14.9. The van der Waals surface area contributed by atoms with E-state index in [1.165, 1.54) is 25.9 Å². The Morgan fingerprint density at radius 3 is 2.77 bits per heavy atom. The van der Waals surface area contributed by atoms with E-state index >= 15 is 0 Å². The lowest BCUT2D eigenvalue weighted by atomic mass is 10.2. The minimum atomic E-state index is 0.0536. The van der Waals surface area contributed by atoms with E-state index in [4.69, 9.17) is 4.42 Å². The molecule has 4 rings (SSSR count). The molecule has 1 aromatic carbocycles. The molecule has 0 radical (unpaired) electrons. The van der Waals surface area contributed by atoms with Crippen LogP contribution in [-0.4, -0.2) is 47.9 Å². The number of carbonyl (C=O) groups is 1. The molecule has 2 aliphatic rings. The van der Waals surface area contributed by atoms with Crippen LogP contribution in [0.25, 0.3) is 11.0 Å². The van der Waals surface area contributed by atoms with Gasteiger partial charge in [0, 0.05) is 24.5 Å². The molecule has 2 aliphatic heterocycles. The van der Waals surface area contributed by atoms with Gasteiger partial charge in [0.25, 0.3) is 5.91 Å². The number of amides is 1. The first-order valence-corrected chi connectivity index (χ1v) is 8.33. The van der Waals surface area contributed by atoms with Gasteiger partial charge in [-0.25, -0.2) is 0 Å². The summed E-state index contributed by atoms with van der Waals surface area (Å²) < 4.78 is 5.76. The Morgan fingerprint density at radius 2 is 1.95 bits per heavy atom. The first kappa shape index (κ1) is 13.8. The highest BCUT2D eigenvalue weighted by Gasteiger charge is 2.32. The lowest BCUT2D eigenvalue weighted by molar-refractivity contribution is 0.0679. The summed E-state index contributed by atoms with van der Waals surface area (Å²) in [5.74, 6) is 0.535. The first-order valence-electron chi connectivity index (χ1n) is 8.33. The van der Waals surface area contributed by atoms with Crippen LogP contribution in [0.5, 0.6) is 0 Å². The quantitative estimate of drug-likeness (QED) is 0.873. The van der Waals surface area contributed by atoms with Crippen molar-refractivity contribution >= 4 is 16.9 Å². The minimum absolute atomic E-state index is 0.0536. The third kappa shape index (κ3) is 2.52. The van der Waals surface area contributed by atoms with Crippen molar-refractivity contribution in [1.29, 1.82) is 0 Å². The second-order valence-corrected chi connectivity index (χ2v) is 6.45. The number of hydrogen-bond donors (Lipinski definition) is 0. The van der Waals surface area contributed by atoms with Gasteiger partial charge in [-0.1, -0.05) is 18.2 Å². The van der Waals surface area contributed by atoms with E-state index in [0.717, 1.165) is 36.9 Å². The first-order chi connectivity index (χ1) is 10.8. The minimum Gasteiger partial charge on any atom is -0.451 e. The van der Waals surface area contributed by atoms with Crippen LogP contribution in [0.2, 0.25) is 0 Å². The standard InChI is InChI=1S/C18H22N2O2/c21-18(17-12-14-6-1-2-8-16(14)22-17)20-11-5-7-15(20)13-19-9-3-4-10-19/h1-2,6,8,12,15H,3-5,7,9-11,13H2/t15-/m1/s1. The Kier molecular flexibility index (Phi) is 3.62. The number of rotatable bonds is 3. The van der Waals surface area contributed by atoms with Crippen LogP contribution >= 0.6 is 0 Å². The van der Waals surface area contributed by atoms with Crippen molar-refractivity contribution in [1.82, 2.24) is 9.80 Å². The van der Waals surface area contributed by atoms with Gasteiger partial charge in [-0.15, -0.1) is 0 Å². The number of furan rings is 1. The normalized spacial score (nSPS) is 22.7. The smallest absolute Gasteiger partial charge is 0.289 e. The molecule has 22 heavy (non-hydrogen) atoms. The van der Waals surface area contributed by atoms with Crippen LogP contribution in [0.15, 0.2) is 34.7 Å². The van der Waals surface area contributed by atoms with Crippen molar-refractivity contribution in [3.8, 4) is 0 Å². The molecule has 116 valence electrons. The zero-order valence-corrected chi connectivity index (χ0v) is 12.8. The lowest BCUT2D eigenvalue weighted by Crippen LogP contribution is -2.42. The van der Waals surface area contributed by atoms with Crippen molar-refractivity contribution < 1.29 is 9.21 Å². The van der Waals surface area contributed by atoms with Gasteiger partial charge < -0.3 is 14.2 Å². The van der Waals surface area contributed by atoms with Gasteiger partial charge in [-0.2, -0.15) is 0 Å². The van der Waals surface area contributed by atoms with Gasteiger partial charge in [0.2, 0.25) is 0 Å². The van der Waals surface area contributed by atoms with E-state index in [9.17, 15) is 4.79 Å². The highest BCUT2D eigenvalue weighted by molar-refractivity contribution is 5.96. The fraction of sp³-hybridized carbons (Fsp3) is 0.500. The maximum Gasteiger partial charge on any atom is 0.289 e. The number of likely N-dealkylation sites (tertiary alicyclic amines) is 2. The van der Waals surface area contributed by atoms with Crippen LogP contribution in [0.1, 0.15) is 36.2 Å². The highest BCUT2D eigenvalue weighted by Crippen LogP contribution is 2.25. The number of hydrogen-bond acceptors (Lipinski definition) is 3. The molecule has 1 aromatic heterocycles. The number of para-hydroxylation sites is 1. The predicted octanol–water partition coefficient (Wildman–Crippen LogP) is 3.13. The summed E-state index contributed by atoms with van der Waals surface area (Å²) in [7, 11) is 0. The zero-order valence-electron chi connectivity index (χ0n) is 12.8. The molecular formula is C18H22N2O2. The van der Waals surface area contributed by atoms with Crippen molar-refractivity contribution in [2.45, 2.75) is 31.7 Å². The fourth-order valence-corrected chi connectivity index (χ4v) is 3.78. The highest BCUT2D eigenvalue weighted by atomic mass is 16.3. The molecule has 0 bridgehead atoms. The van der Waals surface area contributed by atoms with Gasteiger partial charge >= 0.3 is 0 Å². The number of fused-ring (bicyclic) bond motifs is 1. The van der Waals surface area contributed by atoms with Crippen LogP contribution in [-0.2, 0) is 0 Å². The van der Waals surface area contributed by atoms with Crippen molar-refractivity contribution in [2.75, 3.05) is 26.2 Å². The van der Waals surface area contributed by atoms with Gasteiger partial charge in [-0.05, 0) is 50.9 Å². The van der Waals surface area contributed by atoms with Crippen molar-refractivity contribution in [3.05, 3.63) is 36.1 Å². The van der Waals surface area contributed by atoms with Crippen molar-refractivity contribution in [2.24, 2.45) is 0 Å². The van der Waals surface area contributed by atoms with E-state index < -0.39 is 0 Å². The average Bonchev–Trinajstić information content (AvgIpc) is 3.27. The van der Waals surface area contributed by atoms with E-state index in [2.05, 4.69) is 4.90 Å². The molecule has 0 saturated carbocycles. The second-order valence-electron chi connectivity index (χ2n) is 6.45. The van der Waals surface area contributed by atoms with E-state index in [0.29, 0.717) is 11.8 Å². The monoisotopic (exact) mass is 298 g/mol. The number of carbonyl (C=O) groups excluding carboxylic acids is 1. The molecule has 1 atom stereocenters. The van der Waals surface area contributed by atoms with Crippen LogP contribution in [0.3, 0.4) is 0 Å². The van der Waals surface area contributed by atoms with Crippen LogP contribution < -0.4 is 0 Å². The van der Waals surface area contributed by atoms with Crippen molar-refractivity contribution in [3.63, 3.8) is 0 Å². The largest absolute Gasteiger partial charge is 0.451 e. The van der Waals surface area contributed by atoms with Gasteiger partial charge in [0.05, 0.1) is 0 Å². The van der Waals surface area contributed by atoms with E-state index in [1.807, 2.05) is 35.2 Å². The summed E-state index contributed by atoms with van der Waals surface area (Å²) >= 11 is 0. The summed E-state index contributed by atoms with van der Waals surface area (Å²) in [6.07, 6.45) is 4.81. The lowest BCUT2D eigenvalue weighted by Gasteiger charge is -2.27. The summed E-state index contributed by atoms with van der Waals surface area (Å²) in [6, 6.07) is 10.0. The van der Waals surface area contributed by atoms with Crippen LogP contribution in [0, 0.1) is 0 Å². The Balaban J connectivity index is 1.52. The molecule has 3 heterocycles. The summed E-state index contributed by atoms with van der Waals surface area (Å²) in [6.45, 7) is 4.24.